The van der Waals surface area contributed by atoms with E-state index >= 15 is 0 Å². The van der Waals surface area contributed by atoms with Crippen LogP contribution in [0, 0.1) is 0 Å². The molecule has 0 radical (unpaired) electrons. The second kappa shape index (κ2) is 11.2. The van der Waals surface area contributed by atoms with Crippen LogP contribution >= 0.6 is 0 Å². The maximum absolute atomic E-state index is 10.6. The Hall–Kier alpha value is -1.46. The fraction of sp³-hybridized carbons (Fsp3) is 0.867. The van der Waals surface area contributed by atoms with Crippen LogP contribution in [0.3, 0.4) is 0 Å². The predicted octanol–water partition coefficient (Wildman–Crippen LogP) is 3.22. The molecule has 0 amide bonds. The van der Waals surface area contributed by atoms with E-state index in [1.54, 1.807) is 4.68 Å². The largest absolute Gasteiger partial charge is 0.481 e. The average molecular weight is 296 g/mol. The maximum atomic E-state index is 10.6. The highest BCUT2D eigenvalue weighted by Crippen LogP contribution is 2.11. The van der Waals surface area contributed by atoms with Gasteiger partial charge in [-0.05, 0) is 16.8 Å². The van der Waals surface area contributed by atoms with Gasteiger partial charge >= 0.3 is 5.97 Å². The summed E-state index contributed by atoms with van der Waals surface area (Å²) >= 11 is 0. The number of nitrogens with zero attached hydrogens (tertiary/aromatic N) is 4. The van der Waals surface area contributed by atoms with Crippen molar-refractivity contribution >= 4 is 5.97 Å². The van der Waals surface area contributed by atoms with Gasteiger partial charge in [0.25, 0.3) is 0 Å². The molecule has 0 bridgehead atoms. The van der Waals surface area contributed by atoms with Crippen LogP contribution in [0.2, 0.25) is 0 Å². The van der Waals surface area contributed by atoms with E-state index in [0.29, 0.717) is 6.54 Å². The van der Waals surface area contributed by atoms with Crippen molar-refractivity contribution < 1.29 is 9.90 Å². The van der Waals surface area contributed by atoms with Crippen LogP contribution in [-0.2, 0) is 17.8 Å². The van der Waals surface area contributed by atoms with E-state index in [1.807, 2.05) is 0 Å². The molecular formula is C15H28N4O2. The van der Waals surface area contributed by atoms with Gasteiger partial charge < -0.3 is 5.11 Å². The molecule has 0 unspecified atom stereocenters. The summed E-state index contributed by atoms with van der Waals surface area (Å²) < 4.78 is 1.61. The lowest BCUT2D eigenvalue weighted by Crippen LogP contribution is -2.09. The van der Waals surface area contributed by atoms with E-state index in [2.05, 4.69) is 22.4 Å². The van der Waals surface area contributed by atoms with Crippen LogP contribution in [0.15, 0.2) is 0 Å². The smallest absolute Gasteiger partial charge is 0.305 e. The number of carboxylic acids is 1. The van der Waals surface area contributed by atoms with E-state index < -0.39 is 5.97 Å². The van der Waals surface area contributed by atoms with Gasteiger partial charge in [0, 0.05) is 6.42 Å². The zero-order valence-electron chi connectivity index (χ0n) is 13.1. The number of rotatable bonds is 13. The molecule has 0 aromatic carbocycles. The molecule has 0 aliphatic rings. The number of tetrazole rings is 1. The third-order valence-corrected chi connectivity index (χ3v) is 3.65. The molecular weight excluding hydrogens is 268 g/mol. The Labute approximate surface area is 126 Å². The number of carbonyl (C=O) groups is 1. The summed E-state index contributed by atoms with van der Waals surface area (Å²) in [5.74, 6) is -0.0151. The van der Waals surface area contributed by atoms with Gasteiger partial charge in [0.1, 0.15) is 0 Å². The van der Waals surface area contributed by atoms with Crippen molar-refractivity contribution in [1.82, 2.24) is 20.2 Å². The molecule has 120 valence electrons. The molecule has 21 heavy (non-hydrogen) atoms. The monoisotopic (exact) mass is 296 g/mol. The lowest BCUT2D eigenvalue weighted by molar-refractivity contribution is -0.137. The molecule has 0 saturated carbocycles. The molecule has 1 rings (SSSR count). The van der Waals surface area contributed by atoms with Gasteiger partial charge in [-0.2, -0.15) is 0 Å². The Morgan fingerprint density at radius 3 is 2.29 bits per heavy atom. The summed E-state index contributed by atoms with van der Waals surface area (Å²) in [6.45, 7) is 2.60. The minimum absolute atomic E-state index is 0.0653. The van der Waals surface area contributed by atoms with Crippen molar-refractivity contribution in [2.24, 2.45) is 0 Å². The van der Waals surface area contributed by atoms with Gasteiger partial charge in [0.2, 0.25) is 0 Å². The molecule has 1 heterocycles. The third kappa shape index (κ3) is 8.42. The Morgan fingerprint density at radius 1 is 1.05 bits per heavy atom. The molecule has 6 heteroatoms. The summed E-state index contributed by atoms with van der Waals surface area (Å²) in [4.78, 5) is 10.6. The summed E-state index contributed by atoms with van der Waals surface area (Å²) in [6, 6.07) is 0. The standard InChI is InChI=1S/C15H28N4O2/c1-2-3-4-5-6-7-8-9-10-11-14-16-17-18-19(14)13-12-15(20)21/h2-13H2,1H3,(H,20,21). The molecule has 0 fully saturated rings. The van der Waals surface area contributed by atoms with Crippen molar-refractivity contribution in [3.8, 4) is 0 Å². The van der Waals surface area contributed by atoms with E-state index in [1.165, 1.54) is 51.4 Å². The highest BCUT2D eigenvalue weighted by atomic mass is 16.4. The van der Waals surface area contributed by atoms with E-state index in [9.17, 15) is 4.79 Å². The van der Waals surface area contributed by atoms with Crippen LogP contribution in [0.25, 0.3) is 0 Å². The number of unbranched alkanes of at least 4 members (excludes halogenated alkanes) is 8. The van der Waals surface area contributed by atoms with Crippen molar-refractivity contribution in [1.29, 1.82) is 0 Å². The number of aliphatic carboxylic acids is 1. The lowest BCUT2D eigenvalue weighted by Gasteiger charge is -2.03. The molecule has 1 aromatic heterocycles. The molecule has 1 aromatic rings. The summed E-state index contributed by atoms with van der Waals surface area (Å²) in [7, 11) is 0. The zero-order chi connectivity index (χ0) is 15.3. The molecule has 0 saturated heterocycles. The SMILES string of the molecule is CCCCCCCCCCCc1nnnn1CCC(=O)O. The lowest BCUT2D eigenvalue weighted by atomic mass is 10.1. The third-order valence-electron chi connectivity index (χ3n) is 3.65. The highest BCUT2D eigenvalue weighted by molar-refractivity contribution is 5.66. The van der Waals surface area contributed by atoms with E-state index in [-0.39, 0.29) is 6.42 Å². The highest BCUT2D eigenvalue weighted by Gasteiger charge is 2.07. The maximum Gasteiger partial charge on any atom is 0.305 e. The van der Waals surface area contributed by atoms with E-state index in [4.69, 9.17) is 5.11 Å². The van der Waals surface area contributed by atoms with Crippen molar-refractivity contribution in [2.45, 2.75) is 84.1 Å². The van der Waals surface area contributed by atoms with Crippen LogP contribution in [-0.4, -0.2) is 31.3 Å². The first-order valence-electron chi connectivity index (χ1n) is 8.21. The molecule has 6 nitrogen and oxygen atoms in total. The first-order valence-corrected chi connectivity index (χ1v) is 8.21. The molecule has 0 spiro atoms. The Balaban J connectivity index is 2.05. The number of hydrogen-bond donors (Lipinski definition) is 1. The van der Waals surface area contributed by atoms with Gasteiger partial charge in [-0.15, -0.1) is 5.10 Å². The topological polar surface area (TPSA) is 80.9 Å². The quantitative estimate of drug-likeness (QED) is 0.565. The van der Waals surface area contributed by atoms with E-state index in [0.717, 1.165) is 18.7 Å². The van der Waals surface area contributed by atoms with Crippen molar-refractivity contribution in [3.63, 3.8) is 0 Å². The normalized spacial score (nSPS) is 10.9. The second-order valence-electron chi connectivity index (χ2n) is 5.54. The van der Waals surface area contributed by atoms with Gasteiger partial charge in [0.05, 0.1) is 13.0 Å². The molecule has 1 N–H and O–H groups in total. The van der Waals surface area contributed by atoms with Crippen LogP contribution in [0.1, 0.15) is 77.0 Å². The van der Waals surface area contributed by atoms with Crippen molar-refractivity contribution in [2.75, 3.05) is 0 Å². The minimum atomic E-state index is -0.820. The van der Waals surface area contributed by atoms with Crippen molar-refractivity contribution in [3.05, 3.63) is 5.82 Å². The van der Waals surface area contributed by atoms with Gasteiger partial charge in [-0.1, -0.05) is 58.3 Å². The average Bonchev–Trinajstić information content (AvgIpc) is 2.91. The van der Waals surface area contributed by atoms with Gasteiger partial charge in [0.15, 0.2) is 5.82 Å². The number of hydrogen-bond acceptors (Lipinski definition) is 4. The fourth-order valence-electron chi connectivity index (χ4n) is 2.37. The summed E-state index contributed by atoms with van der Waals surface area (Å²) in [5.41, 5.74) is 0. The number of aromatic nitrogens is 4. The number of aryl methyl sites for hydroxylation is 2. The zero-order valence-corrected chi connectivity index (χ0v) is 13.1. The second-order valence-corrected chi connectivity index (χ2v) is 5.54. The fourth-order valence-corrected chi connectivity index (χ4v) is 2.37. The Kier molecular flexibility index (Phi) is 9.40. The number of carboxylic acid groups (broad SMARTS) is 1. The molecule has 0 aliphatic carbocycles. The summed E-state index contributed by atoms with van der Waals surface area (Å²) in [5, 5.41) is 20.1. The van der Waals surface area contributed by atoms with Gasteiger partial charge in [-0.25, -0.2) is 4.68 Å². The Bertz CT molecular complexity index is 393. The molecule has 0 aliphatic heterocycles. The minimum Gasteiger partial charge on any atom is -0.481 e. The first-order chi connectivity index (χ1) is 10.2. The summed E-state index contributed by atoms with van der Waals surface area (Å²) in [6.07, 6.45) is 12.5. The van der Waals surface area contributed by atoms with Gasteiger partial charge in [-0.3, -0.25) is 4.79 Å². The Morgan fingerprint density at radius 2 is 1.67 bits per heavy atom. The van der Waals surface area contributed by atoms with Crippen LogP contribution in [0.4, 0.5) is 0 Å². The van der Waals surface area contributed by atoms with Crippen LogP contribution < -0.4 is 0 Å². The van der Waals surface area contributed by atoms with Crippen LogP contribution in [0.5, 0.6) is 0 Å². The predicted molar refractivity (Wildman–Crippen MR) is 81.0 cm³/mol. The first kappa shape index (κ1) is 17.6. The molecule has 0 atom stereocenters.